The van der Waals surface area contributed by atoms with Gasteiger partial charge in [-0.25, -0.2) is 0 Å². The summed E-state index contributed by atoms with van der Waals surface area (Å²) >= 11 is 2.61. The van der Waals surface area contributed by atoms with Crippen LogP contribution in [0.5, 0.6) is 0 Å². The van der Waals surface area contributed by atoms with Gasteiger partial charge in [0.2, 0.25) is 0 Å². The highest BCUT2D eigenvalue weighted by atomic mass is 127. The third kappa shape index (κ3) is 2.31. The number of alkyl halides is 1. The van der Waals surface area contributed by atoms with Crippen molar-refractivity contribution in [1.29, 1.82) is 0 Å². The fourth-order valence-corrected chi connectivity index (χ4v) is 2.69. The topological polar surface area (TPSA) is 3.24 Å². The van der Waals surface area contributed by atoms with Crippen molar-refractivity contribution >= 4 is 22.6 Å². The zero-order chi connectivity index (χ0) is 8.43. The number of nitrogens with zero attached hydrogens (tertiary/aromatic N) is 1. The molecule has 0 saturated carbocycles. The van der Waals surface area contributed by atoms with Crippen LogP contribution in [-0.2, 0) is 0 Å². The van der Waals surface area contributed by atoms with Crippen molar-refractivity contribution in [2.75, 3.05) is 13.6 Å². The molecular weight excluding hydrogens is 249 g/mol. The summed E-state index contributed by atoms with van der Waals surface area (Å²) in [6, 6.07) is 0.843. The van der Waals surface area contributed by atoms with Gasteiger partial charge in [-0.2, -0.15) is 0 Å². The van der Waals surface area contributed by atoms with Crippen LogP contribution in [0, 0.1) is 5.92 Å². The summed E-state index contributed by atoms with van der Waals surface area (Å²) in [6.07, 6.45) is 2.80. The third-order valence-corrected chi connectivity index (χ3v) is 4.85. The molecule has 1 fully saturated rings. The van der Waals surface area contributed by atoms with Gasteiger partial charge in [-0.3, -0.25) is 0 Å². The normalized spacial score (nSPS) is 29.7. The maximum Gasteiger partial charge on any atom is 0.0288 e. The molecule has 0 aromatic carbocycles. The van der Waals surface area contributed by atoms with Gasteiger partial charge in [-0.1, -0.05) is 36.4 Å². The van der Waals surface area contributed by atoms with E-state index in [1.165, 1.54) is 19.4 Å². The molecule has 0 radical (unpaired) electrons. The predicted octanol–water partition coefficient (Wildman–Crippen LogP) is 2.54. The number of likely N-dealkylation sites (tertiary alicyclic amines) is 1. The van der Waals surface area contributed by atoms with Crippen LogP contribution in [0.1, 0.15) is 26.7 Å². The predicted molar refractivity (Wildman–Crippen MR) is 58.3 cm³/mol. The highest BCUT2D eigenvalue weighted by Gasteiger charge is 2.28. The Morgan fingerprint density at radius 3 is 2.45 bits per heavy atom. The molecule has 0 N–H and O–H groups in total. The Labute approximate surface area is 83.7 Å². The van der Waals surface area contributed by atoms with Crippen molar-refractivity contribution in [1.82, 2.24) is 4.90 Å². The van der Waals surface area contributed by atoms with E-state index in [0.29, 0.717) is 0 Å². The van der Waals surface area contributed by atoms with E-state index in [-0.39, 0.29) is 0 Å². The molecule has 1 saturated heterocycles. The Kier molecular flexibility index (Phi) is 3.62. The molecule has 1 aliphatic rings. The summed E-state index contributed by atoms with van der Waals surface area (Å²) in [6.45, 7) is 5.95. The molecule has 1 rings (SSSR count). The van der Waals surface area contributed by atoms with Gasteiger partial charge in [-0.15, -0.1) is 0 Å². The number of halogens is 1. The Hall–Kier alpha value is 0.690. The molecule has 0 aliphatic carbocycles. The van der Waals surface area contributed by atoms with Crippen molar-refractivity contribution in [3.63, 3.8) is 0 Å². The molecule has 1 heterocycles. The quantitative estimate of drug-likeness (QED) is 0.549. The largest absolute Gasteiger partial charge is 0.302 e. The smallest absolute Gasteiger partial charge is 0.0288 e. The van der Waals surface area contributed by atoms with Crippen LogP contribution in [0.2, 0.25) is 0 Å². The minimum absolute atomic E-state index is 0.821. The Morgan fingerprint density at radius 2 is 2.09 bits per heavy atom. The Morgan fingerprint density at radius 1 is 1.45 bits per heavy atom. The maximum atomic E-state index is 2.61. The van der Waals surface area contributed by atoms with E-state index in [2.05, 4.69) is 48.4 Å². The van der Waals surface area contributed by atoms with Gasteiger partial charge in [0.15, 0.2) is 0 Å². The van der Waals surface area contributed by atoms with Crippen LogP contribution < -0.4 is 0 Å². The van der Waals surface area contributed by atoms with Crippen LogP contribution in [0.15, 0.2) is 0 Å². The lowest BCUT2D eigenvalue weighted by Crippen LogP contribution is -2.35. The molecule has 66 valence electrons. The zero-order valence-electron chi connectivity index (χ0n) is 7.68. The van der Waals surface area contributed by atoms with Gasteiger partial charge in [0.05, 0.1) is 0 Å². The van der Waals surface area contributed by atoms with E-state index in [9.17, 15) is 0 Å². The molecule has 1 unspecified atom stereocenters. The van der Waals surface area contributed by atoms with Gasteiger partial charge in [0.25, 0.3) is 0 Å². The second kappa shape index (κ2) is 4.08. The summed E-state index contributed by atoms with van der Waals surface area (Å²) in [4.78, 5) is 2.51. The van der Waals surface area contributed by atoms with E-state index >= 15 is 0 Å². The van der Waals surface area contributed by atoms with Crippen molar-refractivity contribution in [3.8, 4) is 0 Å². The molecule has 0 spiro atoms. The second-order valence-electron chi connectivity index (χ2n) is 3.88. The first-order valence-corrected chi connectivity index (χ1v) is 5.72. The third-order valence-electron chi connectivity index (χ3n) is 2.58. The minimum Gasteiger partial charge on any atom is -0.302 e. The van der Waals surface area contributed by atoms with Crippen LogP contribution in [0.4, 0.5) is 0 Å². The van der Waals surface area contributed by atoms with Crippen LogP contribution in [0.25, 0.3) is 0 Å². The molecule has 0 aromatic rings. The molecule has 11 heavy (non-hydrogen) atoms. The molecule has 0 bridgehead atoms. The van der Waals surface area contributed by atoms with Crippen molar-refractivity contribution in [2.24, 2.45) is 5.92 Å². The van der Waals surface area contributed by atoms with Crippen LogP contribution in [-0.4, -0.2) is 28.5 Å². The fraction of sp³-hybridized carbons (Fsp3) is 1.00. The fourth-order valence-electron chi connectivity index (χ4n) is 1.78. The number of rotatable bonds is 2. The summed E-state index contributed by atoms with van der Waals surface area (Å²) in [5, 5.41) is 0. The van der Waals surface area contributed by atoms with Gasteiger partial charge in [0, 0.05) is 9.97 Å². The molecule has 1 aliphatic heterocycles. The first kappa shape index (κ1) is 9.78. The average molecular weight is 267 g/mol. The first-order valence-electron chi connectivity index (χ1n) is 4.47. The summed E-state index contributed by atoms with van der Waals surface area (Å²) in [5.74, 6) is 0.821. The molecule has 0 amide bonds. The Bertz CT molecular complexity index is 125. The lowest BCUT2D eigenvalue weighted by Gasteiger charge is -2.27. The van der Waals surface area contributed by atoms with Gasteiger partial charge < -0.3 is 4.90 Å². The van der Waals surface area contributed by atoms with Crippen molar-refractivity contribution in [2.45, 2.75) is 36.7 Å². The average Bonchev–Trinajstić information content (AvgIpc) is 2.33. The van der Waals surface area contributed by atoms with E-state index in [4.69, 9.17) is 0 Å². The van der Waals surface area contributed by atoms with Gasteiger partial charge >= 0.3 is 0 Å². The number of hydrogen-bond donors (Lipinski definition) is 0. The second-order valence-corrected chi connectivity index (χ2v) is 5.32. The highest BCUT2D eigenvalue weighted by Crippen LogP contribution is 2.27. The lowest BCUT2D eigenvalue weighted by molar-refractivity contribution is 0.287. The van der Waals surface area contributed by atoms with Gasteiger partial charge in [0.1, 0.15) is 0 Å². The van der Waals surface area contributed by atoms with E-state index < -0.39 is 0 Å². The van der Waals surface area contributed by atoms with Crippen LogP contribution >= 0.6 is 22.6 Å². The molecule has 0 aromatic heterocycles. The summed E-state index contributed by atoms with van der Waals surface area (Å²) in [7, 11) is 2.26. The van der Waals surface area contributed by atoms with Crippen molar-refractivity contribution in [3.05, 3.63) is 0 Å². The SMILES string of the molecule is CC(C)[C@H](I)C1CCCN1C. The van der Waals surface area contributed by atoms with E-state index in [1.54, 1.807) is 0 Å². The minimum atomic E-state index is 0.821. The first-order chi connectivity index (χ1) is 5.13. The van der Waals surface area contributed by atoms with Gasteiger partial charge in [-0.05, 0) is 32.4 Å². The number of hydrogen-bond acceptors (Lipinski definition) is 1. The standard InChI is InChI=1S/C9H18IN/c1-7(2)9(10)8-5-4-6-11(8)3/h7-9H,4-6H2,1-3H3/t8?,9-/m0/s1. The van der Waals surface area contributed by atoms with Crippen molar-refractivity contribution < 1.29 is 0 Å². The summed E-state index contributed by atoms with van der Waals surface area (Å²) < 4.78 is 0.833. The molecule has 1 nitrogen and oxygen atoms in total. The van der Waals surface area contributed by atoms with E-state index in [0.717, 1.165) is 15.9 Å². The summed E-state index contributed by atoms with van der Waals surface area (Å²) in [5.41, 5.74) is 0. The van der Waals surface area contributed by atoms with E-state index in [1.807, 2.05) is 0 Å². The van der Waals surface area contributed by atoms with Crippen LogP contribution in [0.3, 0.4) is 0 Å². The highest BCUT2D eigenvalue weighted by molar-refractivity contribution is 14.1. The Balaban J connectivity index is 2.45. The molecular formula is C9H18IN. The molecule has 2 atom stereocenters. The monoisotopic (exact) mass is 267 g/mol. The molecule has 2 heteroatoms. The zero-order valence-corrected chi connectivity index (χ0v) is 9.84. The lowest BCUT2D eigenvalue weighted by atomic mass is 10.0. The maximum absolute atomic E-state index is 2.61.